The Morgan fingerprint density at radius 2 is 2.14 bits per heavy atom. The Balaban J connectivity index is 1.87. The van der Waals surface area contributed by atoms with E-state index < -0.39 is 5.60 Å². The number of aryl methyl sites for hydroxylation is 1. The summed E-state index contributed by atoms with van der Waals surface area (Å²) in [7, 11) is 0. The third kappa shape index (κ3) is 4.73. The van der Waals surface area contributed by atoms with Crippen molar-refractivity contribution >= 4 is 6.09 Å². The molecule has 1 heterocycles. The molecule has 2 atom stereocenters. The molecule has 1 amide bonds. The Labute approximate surface area is 133 Å². The van der Waals surface area contributed by atoms with Gasteiger partial charge >= 0.3 is 6.09 Å². The SMILES string of the molecule is Cc1cccc([C@@H](C)NC2CCN(C(=O)OC(C)(C)C)C2)c1. The number of nitrogens with one attached hydrogen (secondary N) is 1. The van der Waals surface area contributed by atoms with Gasteiger partial charge in [0.2, 0.25) is 0 Å². The van der Waals surface area contributed by atoms with Crippen LogP contribution in [0.4, 0.5) is 4.79 Å². The van der Waals surface area contributed by atoms with Gasteiger partial charge in [0.15, 0.2) is 0 Å². The van der Waals surface area contributed by atoms with Crippen molar-refractivity contribution in [1.82, 2.24) is 10.2 Å². The fraction of sp³-hybridized carbons (Fsp3) is 0.611. The summed E-state index contributed by atoms with van der Waals surface area (Å²) >= 11 is 0. The van der Waals surface area contributed by atoms with Crippen molar-refractivity contribution in [3.8, 4) is 0 Å². The third-order valence-corrected chi connectivity index (χ3v) is 3.87. The first kappa shape index (κ1) is 16.8. The zero-order valence-corrected chi connectivity index (χ0v) is 14.3. The summed E-state index contributed by atoms with van der Waals surface area (Å²) in [5.74, 6) is 0. The first-order valence-electron chi connectivity index (χ1n) is 8.05. The van der Waals surface area contributed by atoms with Crippen molar-refractivity contribution < 1.29 is 9.53 Å². The fourth-order valence-electron chi connectivity index (χ4n) is 2.78. The summed E-state index contributed by atoms with van der Waals surface area (Å²) in [6.07, 6.45) is 0.759. The van der Waals surface area contributed by atoms with Crippen LogP contribution in [-0.2, 0) is 4.74 Å². The molecule has 122 valence electrons. The van der Waals surface area contributed by atoms with Gasteiger partial charge in [-0.05, 0) is 46.6 Å². The molecule has 1 unspecified atom stereocenters. The number of hydrogen-bond donors (Lipinski definition) is 1. The number of amides is 1. The van der Waals surface area contributed by atoms with E-state index >= 15 is 0 Å². The van der Waals surface area contributed by atoms with Crippen LogP contribution in [0, 0.1) is 6.92 Å². The lowest BCUT2D eigenvalue weighted by atomic mass is 10.0. The van der Waals surface area contributed by atoms with Gasteiger partial charge in [-0.3, -0.25) is 0 Å². The predicted octanol–water partition coefficient (Wildman–Crippen LogP) is 3.66. The van der Waals surface area contributed by atoms with Crippen molar-refractivity contribution in [1.29, 1.82) is 0 Å². The molecule has 4 nitrogen and oxygen atoms in total. The molecule has 0 aromatic heterocycles. The second-order valence-corrected chi connectivity index (χ2v) is 7.21. The van der Waals surface area contributed by atoms with E-state index in [4.69, 9.17) is 4.74 Å². The molecule has 0 aliphatic carbocycles. The Bertz CT molecular complexity index is 522. The van der Waals surface area contributed by atoms with Gasteiger partial charge in [0, 0.05) is 25.2 Å². The summed E-state index contributed by atoms with van der Waals surface area (Å²) in [6.45, 7) is 11.4. The minimum atomic E-state index is -0.433. The van der Waals surface area contributed by atoms with Crippen LogP contribution >= 0.6 is 0 Å². The zero-order valence-electron chi connectivity index (χ0n) is 14.3. The molecule has 22 heavy (non-hydrogen) atoms. The molecule has 0 saturated carbocycles. The summed E-state index contributed by atoms with van der Waals surface area (Å²) in [6, 6.07) is 9.15. The largest absolute Gasteiger partial charge is 0.444 e. The lowest BCUT2D eigenvalue weighted by Gasteiger charge is -2.25. The summed E-state index contributed by atoms with van der Waals surface area (Å²) < 4.78 is 5.43. The van der Waals surface area contributed by atoms with Crippen LogP contribution in [0.3, 0.4) is 0 Å². The van der Waals surface area contributed by atoms with Gasteiger partial charge in [-0.25, -0.2) is 4.79 Å². The second kappa shape index (κ2) is 6.69. The number of nitrogens with zero attached hydrogens (tertiary/aromatic N) is 1. The van der Waals surface area contributed by atoms with E-state index in [2.05, 4.69) is 43.4 Å². The molecule has 0 bridgehead atoms. The topological polar surface area (TPSA) is 41.6 Å². The van der Waals surface area contributed by atoms with Crippen molar-refractivity contribution in [2.24, 2.45) is 0 Å². The molecule has 1 aliphatic heterocycles. The molecule has 1 aromatic carbocycles. The molecule has 0 radical (unpaired) electrons. The Kier molecular flexibility index (Phi) is 5.12. The summed E-state index contributed by atoms with van der Waals surface area (Å²) in [4.78, 5) is 13.9. The average Bonchev–Trinajstić information content (AvgIpc) is 2.85. The maximum absolute atomic E-state index is 12.1. The van der Waals surface area contributed by atoms with Gasteiger partial charge in [-0.15, -0.1) is 0 Å². The first-order chi connectivity index (χ1) is 10.2. The van der Waals surface area contributed by atoms with Crippen molar-refractivity contribution in [3.05, 3.63) is 35.4 Å². The van der Waals surface area contributed by atoms with E-state index in [0.717, 1.165) is 13.0 Å². The molecular weight excluding hydrogens is 276 g/mol. The third-order valence-electron chi connectivity index (χ3n) is 3.87. The molecular formula is C18H28N2O2. The number of ether oxygens (including phenoxy) is 1. The molecule has 0 spiro atoms. The van der Waals surface area contributed by atoms with Gasteiger partial charge < -0.3 is 15.0 Å². The Morgan fingerprint density at radius 3 is 2.77 bits per heavy atom. The average molecular weight is 304 g/mol. The van der Waals surface area contributed by atoms with Crippen LogP contribution in [0.2, 0.25) is 0 Å². The summed E-state index contributed by atoms with van der Waals surface area (Å²) in [5.41, 5.74) is 2.13. The maximum Gasteiger partial charge on any atom is 0.410 e. The number of likely N-dealkylation sites (tertiary alicyclic amines) is 1. The van der Waals surface area contributed by atoms with Crippen molar-refractivity contribution in [3.63, 3.8) is 0 Å². The minimum Gasteiger partial charge on any atom is -0.444 e. The number of carbonyl (C=O) groups excluding carboxylic acids is 1. The van der Waals surface area contributed by atoms with E-state index in [-0.39, 0.29) is 12.1 Å². The standard InChI is InChI=1S/C18H28N2O2/c1-13-7-6-8-15(11-13)14(2)19-16-9-10-20(12-16)17(21)22-18(3,4)5/h6-8,11,14,16,19H,9-10,12H2,1-5H3/t14-,16?/m1/s1. The van der Waals surface area contributed by atoms with E-state index in [1.54, 1.807) is 4.90 Å². The molecule has 1 aromatic rings. The number of hydrogen-bond acceptors (Lipinski definition) is 3. The van der Waals surface area contributed by atoms with E-state index in [1.165, 1.54) is 11.1 Å². The highest BCUT2D eigenvalue weighted by Crippen LogP contribution is 2.19. The highest BCUT2D eigenvalue weighted by molar-refractivity contribution is 5.68. The molecule has 1 aliphatic rings. The molecule has 4 heteroatoms. The highest BCUT2D eigenvalue weighted by atomic mass is 16.6. The van der Waals surface area contributed by atoms with Crippen LogP contribution in [0.25, 0.3) is 0 Å². The minimum absolute atomic E-state index is 0.208. The molecule has 2 rings (SSSR count). The van der Waals surface area contributed by atoms with Gasteiger partial charge in [0.1, 0.15) is 5.60 Å². The fourth-order valence-corrected chi connectivity index (χ4v) is 2.78. The Hall–Kier alpha value is -1.55. The van der Waals surface area contributed by atoms with Crippen LogP contribution in [0.1, 0.15) is 51.3 Å². The monoisotopic (exact) mass is 304 g/mol. The summed E-state index contributed by atoms with van der Waals surface area (Å²) in [5, 5.41) is 3.62. The van der Waals surface area contributed by atoms with Crippen LogP contribution < -0.4 is 5.32 Å². The van der Waals surface area contributed by atoms with Gasteiger partial charge in [-0.2, -0.15) is 0 Å². The number of carbonyl (C=O) groups is 1. The van der Waals surface area contributed by atoms with E-state index in [9.17, 15) is 4.79 Å². The second-order valence-electron chi connectivity index (χ2n) is 7.21. The van der Waals surface area contributed by atoms with Crippen molar-refractivity contribution in [2.45, 2.75) is 58.7 Å². The first-order valence-corrected chi connectivity index (χ1v) is 8.05. The maximum atomic E-state index is 12.1. The highest BCUT2D eigenvalue weighted by Gasteiger charge is 2.30. The zero-order chi connectivity index (χ0) is 16.3. The number of rotatable bonds is 3. The van der Waals surface area contributed by atoms with E-state index in [0.29, 0.717) is 12.6 Å². The van der Waals surface area contributed by atoms with E-state index in [1.807, 2.05) is 20.8 Å². The van der Waals surface area contributed by atoms with Gasteiger partial charge in [-0.1, -0.05) is 29.8 Å². The molecule has 1 N–H and O–H groups in total. The van der Waals surface area contributed by atoms with Crippen LogP contribution in [0.15, 0.2) is 24.3 Å². The normalized spacial score (nSPS) is 20.0. The molecule has 1 fully saturated rings. The van der Waals surface area contributed by atoms with Crippen molar-refractivity contribution in [2.75, 3.05) is 13.1 Å². The van der Waals surface area contributed by atoms with Gasteiger partial charge in [0.25, 0.3) is 0 Å². The smallest absolute Gasteiger partial charge is 0.410 e. The quantitative estimate of drug-likeness (QED) is 0.926. The van der Waals surface area contributed by atoms with Crippen LogP contribution in [0.5, 0.6) is 0 Å². The lowest BCUT2D eigenvalue weighted by Crippen LogP contribution is -2.39. The Morgan fingerprint density at radius 1 is 1.41 bits per heavy atom. The van der Waals surface area contributed by atoms with Crippen LogP contribution in [-0.4, -0.2) is 35.7 Å². The lowest BCUT2D eigenvalue weighted by molar-refractivity contribution is 0.0290. The number of benzene rings is 1. The molecule has 1 saturated heterocycles. The predicted molar refractivity (Wildman–Crippen MR) is 88.9 cm³/mol. The van der Waals surface area contributed by atoms with Gasteiger partial charge in [0.05, 0.1) is 0 Å².